The normalized spacial score (nSPS) is 24.3. The van der Waals surface area contributed by atoms with Crippen LogP contribution in [0.25, 0.3) is 0 Å². The lowest BCUT2D eigenvalue weighted by Crippen LogP contribution is -2.55. The van der Waals surface area contributed by atoms with E-state index in [4.69, 9.17) is 5.11 Å². The van der Waals surface area contributed by atoms with Gasteiger partial charge in [0.05, 0.1) is 5.41 Å². The van der Waals surface area contributed by atoms with E-state index in [0.29, 0.717) is 5.75 Å². The molecule has 1 aliphatic heterocycles. The molecule has 0 aromatic carbocycles. The summed E-state index contributed by atoms with van der Waals surface area (Å²) in [5.41, 5.74) is -3.61. The van der Waals surface area contributed by atoms with Crippen molar-refractivity contribution in [2.75, 3.05) is 11.5 Å². The van der Waals surface area contributed by atoms with Gasteiger partial charge in [-0.2, -0.15) is 24.9 Å². The monoisotopic (exact) mass is 299 g/mol. The van der Waals surface area contributed by atoms with E-state index in [-0.39, 0.29) is 12.2 Å². The van der Waals surface area contributed by atoms with E-state index in [1.807, 2.05) is 0 Å². The van der Waals surface area contributed by atoms with E-state index in [1.54, 1.807) is 0 Å². The van der Waals surface area contributed by atoms with Gasteiger partial charge in [-0.15, -0.1) is 0 Å². The molecule has 1 saturated heterocycles. The van der Waals surface area contributed by atoms with Gasteiger partial charge in [0, 0.05) is 12.2 Å². The summed E-state index contributed by atoms with van der Waals surface area (Å²) >= 11 is 1.36. The highest BCUT2D eigenvalue weighted by molar-refractivity contribution is 7.99. The maximum Gasteiger partial charge on any atom is 0.394 e. The third-order valence-electron chi connectivity index (χ3n) is 3.18. The van der Waals surface area contributed by atoms with Crippen LogP contribution in [0.5, 0.6) is 0 Å². The molecular weight excluding hydrogens is 283 g/mol. The van der Waals surface area contributed by atoms with E-state index >= 15 is 0 Å². The van der Waals surface area contributed by atoms with Crippen molar-refractivity contribution < 1.29 is 27.9 Å². The van der Waals surface area contributed by atoms with Crippen molar-refractivity contribution in [1.82, 2.24) is 5.32 Å². The van der Waals surface area contributed by atoms with Gasteiger partial charge in [0.25, 0.3) is 0 Å². The van der Waals surface area contributed by atoms with E-state index in [0.717, 1.165) is 13.8 Å². The first kappa shape index (κ1) is 16.1. The average molecular weight is 299 g/mol. The molecule has 1 rings (SSSR count). The number of hydrogen-bond acceptors (Lipinski definition) is 3. The van der Waals surface area contributed by atoms with Gasteiger partial charge in [-0.1, -0.05) is 13.8 Å². The van der Waals surface area contributed by atoms with E-state index in [2.05, 4.69) is 5.32 Å². The molecule has 0 aliphatic carbocycles. The first-order valence-electron chi connectivity index (χ1n) is 5.69. The summed E-state index contributed by atoms with van der Waals surface area (Å²) in [5, 5.41) is 11.4. The lowest BCUT2D eigenvalue weighted by molar-refractivity contribution is -0.214. The van der Waals surface area contributed by atoms with Crippen molar-refractivity contribution in [3.8, 4) is 0 Å². The number of thioether (sulfide) groups is 1. The minimum Gasteiger partial charge on any atom is -0.479 e. The highest BCUT2D eigenvalue weighted by atomic mass is 32.2. The second kappa shape index (κ2) is 5.22. The van der Waals surface area contributed by atoms with Gasteiger partial charge >= 0.3 is 12.1 Å². The molecule has 19 heavy (non-hydrogen) atoms. The van der Waals surface area contributed by atoms with Crippen LogP contribution in [-0.4, -0.2) is 40.2 Å². The van der Waals surface area contributed by atoms with Crippen LogP contribution < -0.4 is 5.32 Å². The highest BCUT2D eigenvalue weighted by Crippen LogP contribution is 2.40. The molecule has 1 fully saturated rings. The van der Waals surface area contributed by atoms with Gasteiger partial charge in [0.2, 0.25) is 5.91 Å². The molecule has 1 heterocycles. The minimum atomic E-state index is -4.51. The zero-order valence-electron chi connectivity index (χ0n) is 10.6. The molecule has 1 unspecified atom stereocenters. The van der Waals surface area contributed by atoms with Crippen LogP contribution in [0.3, 0.4) is 0 Å². The Morgan fingerprint density at radius 3 is 2.32 bits per heavy atom. The summed E-state index contributed by atoms with van der Waals surface area (Å²) < 4.78 is 38.0. The second-order valence-electron chi connectivity index (χ2n) is 5.30. The van der Waals surface area contributed by atoms with Gasteiger partial charge in [-0.05, 0) is 12.2 Å². The number of nitrogens with one attached hydrogen (secondary N) is 1. The zero-order valence-corrected chi connectivity index (χ0v) is 11.5. The summed E-state index contributed by atoms with van der Waals surface area (Å²) in [5.74, 6) is -1.33. The Hall–Kier alpha value is -0.920. The van der Waals surface area contributed by atoms with Crippen LogP contribution in [0.4, 0.5) is 13.2 Å². The molecule has 2 N–H and O–H groups in total. The Morgan fingerprint density at radius 1 is 1.37 bits per heavy atom. The number of amides is 1. The predicted molar refractivity (Wildman–Crippen MR) is 64.9 cm³/mol. The minimum absolute atomic E-state index is 0.181. The van der Waals surface area contributed by atoms with Crippen LogP contribution in [0.1, 0.15) is 26.7 Å². The fourth-order valence-electron chi connectivity index (χ4n) is 1.70. The Morgan fingerprint density at radius 2 is 1.95 bits per heavy atom. The van der Waals surface area contributed by atoms with Crippen LogP contribution in [0, 0.1) is 5.41 Å². The predicted octanol–water partition coefficient (Wildman–Crippen LogP) is 2.04. The van der Waals surface area contributed by atoms with Gasteiger partial charge in [0.1, 0.15) is 5.54 Å². The first-order valence-corrected chi connectivity index (χ1v) is 6.85. The molecule has 1 aliphatic rings. The summed E-state index contributed by atoms with van der Waals surface area (Å²) in [6.45, 7) is 1.84. The van der Waals surface area contributed by atoms with Gasteiger partial charge in [0.15, 0.2) is 0 Å². The number of carbonyl (C=O) groups is 2. The number of carboxylic acid groups (broad SMARTS) is 1. The Labute approximate surface area is 113 Å². The molecule has 1 amide bonds. The van der Waals surface area contributed by atoms with Crippen LogP contribution in [-0.2, 0) is 9.59 Å². The standard InChI is InChI=1S/C11H16F3NO3S/c1-9(2,11(12,13)14)5-7(16)15-10(8(17)18)3-4-19-6-10/h3-6H2,1-2H3,(H,15,16)(H,17,18). The molecular formula is C11H16F3NO3S. The average Bonchev–Trinajstić information content (AvgIpc) is 2.64. The smallest absolute Gasteiger partial charge is 0.394 e. The molecule has 0 saturated carbocycles. The van der Waals surface area contributed by atoms with Crippen molar-refractivity contribution >= 4 is 23.6 Å². The van der Waals surface area contributed by atoms with E-state index < -0.39 is 35.4 Å². The lowest BCUT2D eigenvalue weighted by Gasteiger charge is -2.30. The molecule has 0 aromatic rings. The summed E-state index contributed by atoms with van der Waals surface area (Å²) in [6, 6.07) is 0. The third kappa shape index (κ3) is 3.55. The Balaban J connectivity index is 2.72. The first-order chi connectivity index (χ1) is 8.50. The topological polar surface area (TPSA) is 66.4 Å². The number of alkyl halides is 3. The number of rotatable bonds is 4. The summed E-state index contributed by atoms with van der Waals surface area (Å²) in [4.78, 5) is 22.9. The quantitative estimate of drug-likeness (QED) is 0.833. The molecule has 0 bridgehead atoms. The molecule has 0 radical (unpaired) electrons. The fraction of sp³-hybridized carbons (Fsp3) is 0.818. The van der Waals surface area contributed by atoms with E-state index in [1.165, 1.54) is 11.8 Å². The maximum absolute atomic E-state index is 12.7. The summed E-state index contributed by atoms with van der Waals surface area (Å²) in [6.07, 6.45) is -5.06. The number of carbonyl (C=O) groups excluding carboxylic acids is 1. The lowest BCUT2D eigenvalue weighted by atomic mass is 9.87. The fourth-order valence-corrected chi connectivity index (χ4v) is 3.02. The summed E-state index contributed by atoms with van der Waals surface area (Å²) in [7, 11) is 0. The van der Waals surface area contributed by atoms with Crippen molar-refractivity contribution in [3.05, 3.63) is 0 Å². The largest absolute Gasteiger partial charge is 0.479 e. The van der Waals surface area contributed by atoms with Crippen molar-refractivity contribution in [2.45, 2.75) is 38.4 Å². The molecule has 8 heteroatoms. The van der Waals surface area contributed by atoms with Crippen molar-refractivity contribution in [3.63, 3.8) is 0 Å². The SMILES string of the molecule is CC(C)(CC(=O)NC1(C(=O)O)CCSC1)C(F)(F)F. The molecule has 110 valence electrons. The van der Waals surface area contributed by atoms with E-state index in [9.17, 15) is 22.8 Å². The Kier molecular flexibility index (Phi) is 4.44. The van der Waals surface area contributed by atoms with Crippen molar-refractivity contribution in [1.29, 1.82) is 0 Å². The molecule has 1 atom stereocenters. The zero-order chi connectivity index (χ0) is 14.9. The molecule has 0 spiro atoms. The van der Waals surface area contributed by atoms with Gasteiger partial charge in [-0.25, -0.2) is 4.79 Å². The van der Waals surface area contributed by atoms with Crippen LogP contribution in [0.15, 0.2) is 0 Å². The van der Waals surface area contributed by atoms with Crippen LogP contribution in [0.2, 0.25) is 0 Å². The van der Waals surface area contributed by atoms with Crippen molar-refractivity contribution in [2.24, 2.45) is 5.41 Å². The van der Waals surface area contributed by atoms with Gasteiger partial charge < -0.3 is 10.4 Å². The second-order valence-corrected chi connectivity index (χ2v) is 6.40. The molecule has 4 nitrogen and oxygen atoms in total. The number of carboxylic acids is 1. The number of hydrogen-bond donors (Lipinski definition) is 2. The Bertz CT molecular complexity index is 376. The van der Waals surface area contributed by atoms with Crippen LogP contribution >= 0.6 is 11.8 Å². The third-order valence-corrected chi connectivity index (χ3v) is 4.37. The van der Waals surface area contributed by atoms with Gasteiger partial charge in [-0.3, -0.25) is 4.79 Å². The molecule has 0 aromatic heterocycles. The maximum atomic E-state index is 12.7. The number of aliphatic carboxylic acids is 1. The number of halogens is 3. The highest BCUT2D eigenvalue weighted by Gasteiger charge is 2.50.